The van der Waals surface area contributed by atoms with E-state index in [0.717, 1.165) is 6.29 Å². The number of carbonyl (C=O) groups is 1. The van der Waals surface area contributed by atoms with E-state index >= 15 is 0 Å². The number of carbonyl (C=O) groups excluding carboxylic acids is 1. The smallest absolute Gasteiger partial charge is 0.170 e. The summed E-state index contributed by atoms with van der Waals surface area (Å²) in [7, 11) is 0. The SMILES string of the molecule is C=C=C/C=C\C=C/Oc1ccc(C=O)cc1OC=C=C/C=C\C=C. The van der Waals surface area contributed by atoms with E-state index in [-0.39, 0.29) is 0 Å². The average Bonchev–Trinajstić information content (AvgIpc) is 2.61. The van der Waals surface area contributed by atoms with Gasteiger partial charge in [-0.25, -0.2) is 0 Å². The van der Waals surface area contributed by atoms with E-state index in [4.69, 9.17) is 9.47 Å². The predicted octanol–water partition coefficient (Wildman–Crippen LogP) is 5.08. The molecular formula is C21H18O3. The summed E-state index contributed by atoms with van der Waals surface area (Å²) in [5, 5.41) is 0. The molecule has 0 N–H and O–H groups in total. The maximum atomic E-state index is 10.9. The van der Waals surface area contributed by atoms with Crippen LogP contribution in [0.1, 0.15) is 10.4 Å². The highest BCUT2D eigenvalue weighted by Crippen LogP contribution is 2.28. The van der Waals surface area contributed by atoms with Crippen molar-refractivity contribution in [2.24, 2.45) is 0 Å². The molecule has 0 radical (unpaired) electrons. The molecule has 3 heteroatoms. The first-order chi connectivity index (χ1) is 11.8. The molecule has 0 aliphatic carbocycles. The lowest BCUT2D eigenvalue weighted by atomic mass is 10.2. The molecule has 0 aliphatic heterocycles. The lowest BCUT2D eigenvalue weighted by Gasteiger charge is -2.07. The van der Waals surface area contributed by atoms with Gasteiger partial charge in [0.1, 0.15) is 12.5 Å². The second kappa shape index (κ2) is 12.1. The lowest BCUT2D eigenvalue weighted by Crippen LogP contribution is -1.90. The number of rotatable bonds is 9. The van der Waals surface area contributed by atoms with Crippen LogP contribution in [0.3, 0.4) is 0 Å². The summed E-state index contributed by atoms with van der Waals surface area (Å²) >= 11 is 0. The maximum Gasteiger partial charge on any atom is 0.170 e. The molecule has 24 heavy (non-hydrogen) atoms. The Morgan fingerprint density at radius 1 is 0.958 bits per heavy atom. The Hall–Kier alpha value is -3.51. The van der Waals surface area contributed by atoms with Crippen LogP contribution in [-0.2, 0) is 0 Å². The third-order valence-corrected chi connectivity index (χ3v) is 2.51. The topological polar surface area (TPSA) is 35.5 Å². The van der Waals surface area contributed by atoms with E-state index in [1.54, 1.807) is 66.8 Å². The first kappa shape index (κ1) is 18.5. The molecule has 120 valence electrons. The van der Waals surface area contributed by atoms with Crippen LogP contribution in [-0.4, -0.2) is 6.29 Å². The Morgan fingerprint density at radius 3 is 2.54 bits per heavy atom. The van der Waals surface area contributed by atoms with Gasteiger partial charge in [0, 0.05) is 5.56 Å². The molecule has 0 aliphatic rings. The van der Waals surface area contributed by atoms with Crippen LogP contribution in [0, 0.1) is 0 Å². The van der Waals surface area contributed by atoms with E-state index in [1.165, 1.54) is 12.5 Å². The largest absolute Gasteiger partial charge is 0.461 e. The fraction of sp³-hybridized carbons (Fsp3) is 0. The summed E-state index contributed by atoms with van der Waals surface area (Å²) in [5.74, 6) is 0.886. The van der Waals surface area contributed by atoms with Crippen LogP contribution in [0.5, 0.6) is 11.5 Å². The van der Waals surface area contributed by atoms with E-state index in [0.29, 0.717) is 17.1 Å². The fourth-order valence-electron chi connectivity index (χ4n) is 1.46. The van der Waals surface area contributed by atoms with Gasteiger partial charge in [-0.1, -0.05) is 49.3 Å². The van der Waals surface area contributed by atoms with E-state index in [9.17, 15) is 4.79 Å². The van der Waals surface area contributed by atoms with Gasteiger partial charge in [-0.05, 0) is 36.4 Å². The Balaban J connectivity index is 2.85. The van der Waals surface area contributed by atoms with Gasteiger partial charge in [0.05, 0.1) is 6.26 Å². The highest BCUT2D eigenvalue weighted by Gasteiger charge is 2.04. The Morgan fingerprint density at radius 2 is 1.79 bits per heavy atom. The number of allylic oxidation sites excluding steroid dienone is 8. The highest BCUT2D eigenvalue weighted by atomic mass is 16.5. The lowest BCUT2D eigenvalue weighted by molar-refractivity contribution is 0.112. The summed E-state index contributed by atoms with van der Waals surface area (Å²) in [6.45, 7) is 7.02. The first-order valence-electron chi connectivity index (χ1n) is 7.10. The normalized spacial score (nSPS) is 10.2. The third kappa shape index (κ3) is 7.48. The van der Waals surface area contributed by atoms with Gasteiger partial charge < -0.3 is 9.47 Å². The van der Waals surface area contributed by atoms with Gasteiger partial charge in [-0.3, -0.25) is 4.79 Å². The van der Waals surface area contributed by atoms with Crippen LogP contribution in [0.25, 0.3) is 0 Å². The predicted molar refractivity (Wildman–Crippen MR) is 97.1 cm³/mol. The van der Waals surface area contributed by atoms with Gasteiger partial charge in [0.2, 0.25) is 0 Å². The minimum Gasteiger partial charge on any atom is -0.461 e. The summed E-state index contributed by atoms with van der Waals surface area (Å²) in [6, 6.07) is 4.89. The summed E-state index contributed by atoms with van der Waals surface area (Å²) in [4.78, 5) is 10.9. The van der Waals surface area contributed by atoms with Gasteiger partial charge in [0.15, 0.2) is 11.5 Å². The molecule has 1 rings (SSSR count). The van der Waals surface area contributed by atoms with Crippen molar-refractivity contribution in [2.75, 3.05) is 0 Å². The molecule has 0 unspecified atom stereocenters. The number of ether oxygens (including phenoxy) is 2. The van der Waals surface area contributed by atoms with Gasteiger partial charge in [-0.15, -0.1) is 5.73 Å². The van der Waals surface area contributed by atoms with E-state index in [2.05, 4.69) is 24.6 Å². The van der Waals surface area contributed by atoms with Crippen LogP contribution < -0.4 is 9.47 Å². The molecule has 0 amide bonds. The first-order valence-corrected chi connectivity index (χ1v) is 7.10. The molecule has 1 aromatic carbocycles. The van der Waals surface area contributed by atoms with Crippen LogP contribution in [0.4, 0.5) is 0 Å². The third-order valence-electron chi connectivity index (χ3n) is 2.51. The highest BCUT2D eigenvalue weighted by molar-refractivity contribution is 5.76. The van der Waals surface area contributed by atoms with Crippen molar-refractivity contribution < 1.29 is 14.3 Å². The minimum absolute atomic E-state index is 0.410. The molecule has 3 nitrogen and oxygen atoms in total. The second-order valence-electron chi connectivity index (χ2n) is 4.22. The molecule has 0 fully saturated rings. The minimum atomic E-state index is 0.410. The van der Waals surface area contributed by atoms with Gasteiger partial charge in [0.25, 0.3) is 0 Å². The maximum absolute atomic E-state index is 10.9. The Kier molecular flexibility index (Phi) is 9.33. The van der Waals surface area contributed by atoms with Crippen molar-refractivity contribution in [3.05, 3.63) is 110 Å². The van der Waals surface area contributed by atoms with Crippen molar-refractivity contribution in [2.45, 2.75) is 0 Å². The zero-order chi connectivity index (χ0) is 17.5. The van der Waals surface area contributed by atoms with Crippen LogP contribution >= 0.6 is 0 Å². The molecule has 0 saturated carbocycles. The monoisotopic (exact) mass is 318 g/mol. The van der Waals surface area contributed by atoms with Crippen molar-refractivity contribution in [1.82, 2.24) is 0 Å². The number of aldehydes is 1. The zero-order valence-electron chi connectivity index (χ0n) is 13.2. The molecule has 0 bridgehead atoms. The molecule has 0 spiro atoms. The average molecular weight is 318 g/mol. The Bertz CT molecular complexity index is 751. The Labute approximate surface area is 142 Å². The zero-order valence-corrected chi connectivity index (χ0v) is 13.2. The summed E-state index contributed by atoms with van der Waals surface area (Å²) < 4.78 is 11.0. The quantitative estimate of drug-likeness (QED) is 0.276. The molecule has 0 aromatic heterocycles. The number of benzene rings is 1. The van der Waals surface area contributed by atoms with Crippen molar-refractivity contribution in [3.8, 4) is 11.5 Å². The van der Waals surface area contributed by atoms with Crippen molar-refractivity contribution in [1.29, 1.82) is 0 Å². The molecular weight excluding hydrogens is 300 g/mol. The fourth-order valence-corrected chi connectivity index (χ4v) is 1.46. The van der Waals surface area contributed by atoms with E-state index in [1.807, 2.05) is 0 Å². The summed E-state index contributed by atoms with van der Waals surface area (Å²) in [5.41, 5.74) is 5.94. The molecule has 0 saturated heterocycles. The van der Waals surface area contributed by atoms with Gasteiger partial charge >= 0.3 is 0 Å². The number of hydrogen-bond acceptors (Lipinski definition) is 3. The summed E-state index contributed by atoms with van der Waals surface area (Å²) in [6.07, 6.45) is 17.4. The van der Waals surface area contributed by atoms with Crippen molar-refractivity contribution >= 4 is 6.29 Å². The molecule has 0 heterocycles. The van der Waals surface area contributed by atoms with Gasteiger partial charge in [-0.2, -0.15) is 0 Å². The van der Waals surface area contributed by atoms with Crippen molar-refractivity contribution in [3.63, 3.8) is 0 Å². The second-order valence-corrected chi connectivity index (χ2v) is 4.22. The van der Waals surface area contributed by atoms with Crippen LogP contribution in [0.15, 0.2) is 104 Å². The van der Waals surface area contributed by atoms with E-state index < -0.39 is 0 Å². The molecule has 0 atom stereocenters. The molecule has 1 aromatic rings. The number of hydrogen-bond donors (Lipinski definition) is 0. The van der Waals surface area contributed by atoms with Crippen LogP contribution in [0.2, 0.25) is 0 Å². The standard InChI is InChI=1S/C21H18O3/c1-3-5-7-9-11-15-23-20-14-13-19(18-22)17-21(20)24-16-12-10-8-6-4-2/h4-11,13-18H,1-2H2/b8-6-,9-7-,15-11-.